The molecule has 0 spiro atoms. The molecular formula is C13H24N2. The monoisotopic (exact) mass is 208 g/mol. The smallest absolute Gasteiger partial charge is 0.0687 e. The standard InChI is InChI=1S/C13H24N2/c1-4-5-12(2)10-15-8-6-13(3,11-14)7-9-15/h12H,4-10H2,1-3H3. The van der Waals surface area contributed by atoms with Crippen LogP contribution in [0, 0.1) is 22.7 Å². The summed E-state index contributed by atoms with van der Waals surface area (Å²) in [5.74, 6) is 0.807. The normalized spacial score (nSPS) is 23.3. The lowest BCUT2D eigenvalue weighted by Crippen LogP contribution is -2.40. The summed E-state index contributed by atoms with van der Waals surface area (Å²) < 4.78 is 0. The van der Waals surface area contributed by atoms with Crippen LogP contribution in [0.3, 0.4) is 0 Å². The third kappa shape index (κ3) is 3.83. The first kappa shape index (κ1) is 12.5. The van der Waals surface area contributed by atoms with Gasteiger partial charge in [0.15, 0.2) is 0 Å². The molecule has 1 unspecified atom stereocenters. The maximum atomic E-state index is 9.03. The van der Waals surface area contributed by atoms with E-state index in [0.717, 1.165) is 31.8 Å². The van der Waals surface area contributed by atoms with Gasteiger partial charge < -0.3 is 4.90 Å². The molecule has 0 aromatic rings. The first-order valence-corrected chi connectivity index (χ1v) is 6.23. The molecule has 86 valence electrons. The molecule has 2 nitrogen and oxygen atoms in total. The molecule has 1 aliphatic heterocycles. The van der Waals surface area contributed by atoms with Crippen molar-refractivity contribution in [3.8, 4) is 6.07 Å². The van der Waals surface area contributed by atoms with E-state index >= 15 is 0 Å². The zero-order chi connectivity index (χ0) is 11.3. The van der Waals surface area contributed by atoms with E-state index in [4.69, 9.17) is 5.26 Å². The van der Waals surface area contributed by atoms with E-state index in [1.165, 1.54) is 19.4 Å². The van der Waals surface area contributed by atoms with Gasteiger partial charge in [0.25, 0.3) is 0 Å². The first-order valence-electron chi connectivity index (χ1n) is 6.23. The largest absolute Gasteiger partial charge is 0.303 e. The summed E-state index contributed by atoms with van der Waals surface area (Å²) >= 11 is 0. The van der Waals surface area contributed by atoms with Gasteiger partial charge in [0.05, 0.1) is 11.5 Å². The lowest BCUT2D eigenvalue weighted by Gasteiger charge is -2.36. The van der Waals surface area contributed by atoms with Gasteiger partial charge in [0.1, 0.15) is 0 Å². The van der Waals surface area contributed by atoms with Crippen LogP contribution in [0.15, 0.2) is 0 Å². The molecule has 15 heavy (non-hydrogen) atoms. The zero-order valence-electron chi connectivity index (χ0n) is 10.4. The molecule has 2 heteroatoms. The van der Waals surface area contributed by atoms with Crippen LogP contribution < -0.4 is 0 Å². The highest BCUT2D eigenvalue weighted by molar-refractivity contribution is 4.98. The Morgan fingerprint density at radius 2 is 2.00 bits per heavy atom. The first-order chi connectivity index (χ1) is 7.09. The SMILES string of the molecule is CCCC(C)CN1CCC(C)(C#N)CC1. The number of hydrogen-bond acceptors (Lipinski definition) is 2. The summed E-state index contributed by atoms with van der Waals surface area (Å²) in [4.78, 5) is 2.53. The molecule has 0 N–H and O–H groups in total. The number of rotatable bonds is 4. The summed E-state index contributed by atoms with van der Waals surface area (Å²) in [6.07, 6.45) is 4.70. The molecule has 1 rings (SSSR count). The van der Waals surface area contributed by atoms with Crippen molar-refractivity contribution in [2.24, 2.45) is 11.3 Å². The Morgan fingerprint density at radius 3 is 2.47 bits per heavy atom. The van der Waals surface area contributed by atoms with E-state index in [1.54, 1.807) is 0 Å². The van der Waals surface area contributed by atoms with E-state index in [1.807, 2.05) is 0 Å². The van der Waals surface area contributed by atoms with Gasteiger partial charge >= 0.3 is 0 Å². The number of nitriles is 1. The fourth-order valence-electron chi connectivity index (χ4n) is 2.37. The lowest BCUT2D eigenvalue weighted by molar-refractivity contribution is 0.138. The van der Waals surface area contributed by atoms with E-state index in [9.17, 15) is 0 Å². The molecule has 0 aliphatic carbocycles. The Hall–Kier alpha value is -0.550. The van der Waals surface area contributed by atoms with E-state index in [0.29, 0.717) is 0 Å². The second kappa shape index (κ2) is 5.51. The average Bonchev–Trinajstić information content (AvgIpc) is 2.22. The van der Waals surface area contributed by atoms with Gasteiger partial charge in [-0.15, -0.1) is 0 Å². The minimum atomic E-state index is -0.0511. The Labute approximate surface area is 94.3 Å². The highest BCUT2D eigenvalue weighted by Gasteiger charge is 2.29. The van der Waals surface area contributed by atoms with Crippen LogP contribution in [0.4, 0.5) is 0 Å². The van der Waals surface area contributed by atoms with Crippen molar-refractivity contribution in [1.82, 2.24) is 4.90 Å². The number of nitrogens with zero attached hydrogens (tertiary/aromatic N) is 2. The summed E-state index contributed by atoms with van der Waals surface area (Å²) in [6.45, 7) is 10.1. The highest BCUT2D eigenvalue weighted by Crippen LogP contribution is 2.30. The van der Waals surface area contributed by atoms with Crippen molar-refractivity contribution in [2.45, 2.75) is 46.5 Å². The Bertz CT molecular complexity index is 221. The van der Waals surface area contributed by atoms with Crippen LogP contribution in [0.25, 0.3) is 0 Å². The Kier molecular flexibility index (Phi) is 4.60. The molecule has 0 amide bonds. The quantitative estimate of drug-likeness (QED) is 0.710. The van der Waals surface area contributed by atoms with Crippen molar-refractivity contribution >= 4 is 0 Å². The van der Waals surface area contributed by atoms with Crippen molar-refractivity contribution < 1.29 is 0 Å². The van der Waals surface area contributed by atoms with Gasteiger partial charge in [0.2, 0.25) is 0 Å². The second-order valence-corrected chi connectivity index (χ2v) is 5.37. The molecule has 0 bridgehead atoms. The third-order valence-corrected chi connectivity index (χ3v) is 3.58. The van der Waals surface area contributed by atoms with Crippen molar-refractivity contribution in [1.29, 1.82) is 5.26 Å². The second-order valence-electron chi connectivity index (χ2n) is 5.37. The van der Waals surface area contributed by atoms with Crippen molar-refractivity contribution in [3.05, 3.63) is 0 Å². The summed E-state index contributed by atoms with van der Waals surface area (Å²) in [5.41, 5.74) is -0.0511. The van der Waals surface area contributed by atoms with Gasteiger partial charge in [-0.25, -0.2) is 0 Å². The number of hydrogen-bond donors (Lipinski definition) is 0. The molecule has 1 atom stereocenters. The molecule has 1 aliphatic rings. The predicted octanol–water partition coefficient (Wildman–Crippen LogP) is 3.05. The Morgan fingerprint density at radius 1 is 1.40 bits per heavy atom. The third-order valence-electron chi connectivity index (χ3n) is 3.58. The van der Waals surface area contributed by atoms with Crippen molar-refractivity contribution in [2.75, 3.05) is 19.6 Å². The van der Waals surface area contributed by atoms with Crippen LogP contribution in [-0.2, 0) is 0 Å². The zero-order valence-corrected chi connectivity index (χ0v) is 10.4. The fraction of sp³-hybridized carbons (Fsp3) is 0.923. The molecular weight excluding hydrogens is 184 g/mol. The maximum Gasteiger partial charge on any atom is 0.0687 e. The van der Waals surface area contributed by atoms with Crippen LogP contribution in [0.5, 0.6) is 0 Å². The molecule has 1 saturated heterocycles. The summed E-state index contributed by atoms with van der Waals surface area (Å²) in [5, 5.41) is 9.03. The van der Waals surface area contributed by atoms with Crippen molar-refractivity contribution in [3.63, 3.8) is 0 Å². The van der Waals surface area contributed by atoms with Gasteiger partial charge in [-0.2, -0.15) is 5.26 Å². The van der Waals surface area contributed by atoms with Crippen LogP contribution in [-0.4, -0.2) is 24.5 Å². The molecule has 0 aromatic carbocycles. The lowest BCUT2D eigenvalue weighted by atomic mass is 9.82. The highest BCUT2D eigenvalue weighted by atomic mass is 15.1. The van der Waals surface area contributed by atoms with Gasteiger partial charge in [-0.05, 0) is 45.2 Å². The summed E-state index contributed by atoms with van der Waals surface area (Å²) in [7, 11) is 0. The van der Waals surface area contributed by atoms with Gasteiger partial charge in [-0.3, -0.25) is 0 Å². The predicted molar refractivity (Wildman–Crippen MR) is 63.5 cm³/mol. The van der Waals surface area contributed by atoms with E-state index in [-0.39, 0.29) is 5.41 Å². The molecule has 1 fully saturated rings. The topological polar surface area (TPSA) is 27.0 Å². The minimum absolute atomic E-state index is 0.0511. The maximum absolute atomic E-state index is 9.03. The fourth-order valence-corrected chi connectivity index (χ4v) is 2.37. The molecule has 0 radical (unpaired) electrons. The van der Waals surface area contributed by atoms with Crippen LogP contribution in [0.2, 0.25) is 0 Å². The molecule has 0 saturated carbocycles. The number of piperidine rings is 1. The van der Waals surface area contributed by atoms with Crippen LogP contribution >= 0.6 is 0 Å². The van der Waals surface area contributed by atoms with Gasteiger partial charge in [0, 0.05) is 6.54 Å². The van der Waals surface area contributed by atoms with E-state index in [2.05, 4.69) is 31.7 Å². The number of likely N-dealkylation sites (tertiary alicyclic amines) is 1. The molecule has 1 heterocycles. The summed E-state index contributed by atoms with van der Waals surface area (Å²) in [6, 6.07) is 2.45. The molecule has 0 aromatic heterocycles. The van der Waals surface area contributed by atoms with Gasteiger partial charge in [-0.1, -0.05) is 20.3 Å². The van der Waals surface area contributed by atoms with Crippen LogP contribution in [0.1, 0.15) is 46.5 Å². The van der Waals surface area contributed by atoms with E-state index < -0.39 is 0 Å². The minimum Gasteiger partial charge on any atom is -0.303 e. The average molecular weight is 208 g/mol. The Balaban J connectivity index is 2.29.